The number of halogens is 3. The molecular formula is C10H14F3NO3S. The lowest BCUT2D eigenvalue weighted by atomic mass is 10.1. The number of rotatable bonds is 4. The highest BCUT2D eigenvalue weighted by Crippen LogP contribution is 2.24. The van der Waals surface area contributed by atoms with E-state index in [0.29, 0.717) is 18.1 Å². The van der Waals surface area contributed by atoms with Crippen LogP contribution >= 0.6 is 11.8 Å². The van der Waals surface area contributed by atoms with Gasteiger partial charge in [0.15, 0.2) is 0 Å². The van der Waals surface area contributed by atoms with Crippen LogP contribution in [-0.2, 0) is 9.59 Å². The molecule has 0 saturated carbocycles. The molecular weight excluding hydrogens is 271 g/mol. The molecule has 18 heavy (non-hydrogen) atoms. The van der Waals surface area contributed by atoms with Crippen LogP contribution in [0, 0.1) is 0 Å². The second-order valence-electron chi connectivity index (χ2n) is 4.03. The maximum Gasteiger partial charge on any atom is 0.389 e. The van der Waals surface area contributed by atoms with Crippen molar-refractivity contribution in [1.82, 2.24) is 4.90 Å². The molecule has 8 heteroatoms. The average molecular weight is 285 g/mol. The van der Waals surface area contributed by atoms with Crippen LogP contribution in [0.1, 0.15) is 19.3 Å². The van der Waals surface area contributed by atoms with Gasteiger partial charge in [0, 0.05) is 24.5 Å². The van der Waals surface area contributed by atoms with Gasteiger partial charge in [0.05, 0.1) is 18.9 Å². The number of carboxylic acid groups (broad SMARTS) is 1. The van der Waals surface area contributed by atoms with Crippen molar-refractivity contribution in [2.24, 2.45) is 0 Å². The lowest BCUT2D eigenvalue weighted by Crippen LogP contribution is -2.47. The smallest absolute Gasteiger partial charge is 0.389 e. The van der Waals surface area contributed by atoms with E-state index in [2.05, 4.69) is 0 Å². The van der Waals surface area contributed by atoms with Gasteiger partial charge in [-0.2, -0.15) is 24.9 Å². The first-order valence-electron chi connectivity index (χ1n) is 5.45. The molecule has 1 N–H and O–H groups in total. The average Bonchev–Trinajstić information content (AvgIpc) is 2.25. The summed E-state index contributed by atoms with van der Waals surface area (Å²) in [7, 11) is 0. The number of carbonyl (C=O) groups is 2. The van der Waals surface area contributed by atoms with Gasteiger partial charge in [-0.15, -0.1) is 0 Å². The maximum atomic E-state index is 12.0. The zero-order chi connectivity index (χ0) is 13.8. The summed E-state index contributed by atoms with van der Waals surface area (Å²) in [6.07, 6.45) is -6.34. The maximum absolute atomic E-state index is 12.0. The van der Waals surface area contributed by atoms with Crippen molar-refractivity contribution in [3.05, 3.63) is 0 Å². The Labute approximate surface area is 107 Å². The fourth-order valence-corrected chi connectivity index (χ4v) is 2.81. The van der Waals surface area contributed by atoms with Gasteiger partial charge in [0.1, 0.15) is 0 Å². The van der Waals surface area contributed by atoms with Crippen molar-refractivity contribution in [3.63, 3.8) is 0 Å². The summed E-state index contributed by atoms with van der Waals surface area (Å²) >= 11 is 1.51. The van der Waals surface area contributed by atoms with E-state index in [1.54, 1.807) is 0 Å². The van der Waals surface area contributed by atoms with Crippen LogP contribution in [0.25, 0.3) is 0 Å². The zero-order valence-electron chi connectivity index (χ0n) is 9.57. The molecule has 4 nitrogen and oxygen atoms in total. The minimum absolute atomic E-state index is 0.218. The molecule has 0 aromatic carbocycles. The van der Waals surface area contributed by atoms with Gasteiger partial charge >= 0.3 is 12.1 Å². The third-order valence-corrected chi connectivity index (χ3v) is 3.67. The number of carbonyl (C=O) groups excluding carboxylic acids is 1. The largest absolute Gasteiger partial charge is 0.481 e. The van der Waals surface area contributed by atoms with Gasteiger partial charge in [0.25, 0.3) is 0 Å². The highest BCUT2D eigenvalue weighted by Gasteiger charge is 2.32. The number of amides is 1. The van der Waals surface area contributed by atoms with Gasteiger partial charge in [-0.05, 0) is 0 Å². The SMILES string of the molecule is O=C(O)CC1CSCCN1C(=O)CCC(F)(F)F. The van der Waals surface area contributed by atoms with Gasteiger partial charge < -0.3 is 10.0 Å². The van der Waals surface area contributed by atoms with Crippen LogP contribution in [0.15, 0.2) is 0 Å². The first-order valence-corrected chi connectivity index (χ1v) is 6.61. The number of nitrogens with zero attached hydrogens (tertiary/aromatic N) is 1. The van der Waals surface area contributed by atoms with Crippen LogP contribution in [-0.4, -0.2) is 52.2 Å². The van der Waals surface area contributed by atoms with E-state index in [1.165, 1.54) is 16.7 Å². The molecule has 1 saturated heterocycles. The predicted molar refractivity (Wildman–Crippen MR) is 60.4 cm³/mol. The third-order valence-electron chi connectivity index (χ3n) is 2.58. The molecule has 1 rings (SSSR count). The Bertz CT molecular complexity index is 322. The van der Waals surface area contributed by atoms with Crippen molar-refractivity contribution in [1.29, 1.82) is 0 Å². The topological polar surface area (TPSA) is 57.6 Å². The Morgan fingerprint density at radius 1 is 1.39 bits per heavy atom. The summed E-state index contributed by atoms with van der Waals surface area (Å²) in [5.41, 5.74) is 0. The lowest BCUT2D eigenvalue weighted by Gasteiger charge is -2.34. The molecule has 1 aliphatic heterocycles. The molecule has 104 valence electrons. The summed E-state index contributed by atoms with van der Waals surface area (Å²) < 4.78 is 36.1. The fraction of sp³-hybridized carbons (Fsp3) is 0.800. The normalized spacial score (nSPS) is 20.8. The van der Waals surface area contributed by atoms with Gasteiger partial charge in [0.2, 0.25) is 5.91 Å². The molecule has 0 spiro atoms. The molecule has 0 bridgehead atoms. The van der Waals surface area contributed by atoms with Crippen molar-refractivity contribution < 1.29 is 27.9 Å². The van der Waals surface area contributed by atoms with Gasteiger partial charge in [-0.1, -0.05) is 0 Å². The second-order valence-corrected chi connectivity index (χ2v) is 5.18. The number of alkyl halides is 3. The molecule has 1 amide bonds. The quantitative estimate of drug-likeness (QED) is 0.855. The molecule has 0 aliphatic carbocycles. The predicted octanol–water partition coefficient (Wildman–Crippen LogP) is 1.75. The Morgan fingerprint density at radius 3 is 2.61 bits per heavy atom. The summed E-state index contributed by atoms with van der Waals surface area (Å²) in [6, 6.07) is -0.498. The Hall–Kier alpha value is -0.920. The van der Waals surface area contributed by atoms with Crippen molar-refractivity contribution in [3.8, 4) is 0 Å². The van der Waals surface area contributed by atoms with Gasteiger partial charge in [-0.3, -0.25) is 9.59 Å². The minimum Gasteiger partial charge on any atom is -0.481 e. The Morgan fingerprint density at radius 2 is 2.06 bits per heavy atom. The van der Waals surface area contributed by atoms with E-state index in [-0.39, 0.29) is 6.42 Å². The Kier molecular flexibility index (Phi) is 5.30. The molecule has 1 aliphatic rings. The molecule has 0 aromatic heterocycles. The fourth-order valence-electron chi connectivity index (χ4n) is 1.75. The highest BCUT2D eigenvalue weighted by molar-refractivity contribution is 7.99. The monoisotopic (exact) mass is 285 g/mol. The van der Waals surface area contributed by atoms with Crippen LogP contribution in [0.2, 0.25) is 0 Å². The minimum atomic E-state index is -4.36. The van der Waals surface area contributed by atoms with Crippen LogP contribution in [0.5, 0.6) is 0 Å². The number of thioether (sulfide) groups is 1. The third kappa shape index (κ3) is 5.16. The summed E-state index contributed by atoms with van der Waals surface area (Å²) in [6.45, 7) is 0.319. The first-order chi connectivity index (χ1) is 8.29. The van der Waals surface area contributed by atoms with E-state index in [1.807, 2.05) is 0 Å². The number of carboxylic acids is 1. The Balaban J connectivity index is 2.54. The van der Waals surface area contributed by atoms with E-state index in [9.17, 15) is 22.8 Å². The molecule has 1 atom stereocenters. The summed E-state index contributed by atoms with van der Waals surface area (Å²) in [5, 5.41) is 8.70. The molecule has 1 fully saturated rings. The van der Waals surface area contributed by atoms with E-state index >= 15 is 0 Å². The summed E-state index contributed by atoms with van der Waals surface area (Å²) in [4.78, 5) is 23.6. The molecule has 1 heterocycles. The number of hydrogen-bond donors (Lipinski definition) is 1. The lowest BCUT2D eigenvalue weighted by molar-refractivity contribution is -0.151. The van der Waals surface area contributed by atoms with E-state index < -0.39 is 36.9 Å². The van der Waals surface area contributed by atoms with E-state index in [4.69, 9.17) is 5.11 Å². The highest BCUT2D eigenvalue weighted by atomic mass is 32.2. The molecule has 0 aromatic rings. The van der Waals surface area contributed by atoms with Crippen LogP contribution in [0.4, 0.5) is 13.2 Å². The van der Waals surface area contributed by atoms with Gasteiger partial charge in [-0.25, -0.2) is 0 Å². The van der Waals surface area contributed by atoms with E-state index in [0.717, 1.165) is 0 Å². The second kappa shape index (κ2) is 6.31. The molecule has 0 radical (unpaired) electrons. The number of aliphatic carboxylic acids is 1. The molecule has 1 unspecified atom stereocenters. The number of hydrogen-bond acceptors (Lipinski definition) is 3. The van der Waals surface area contributed by atoms with Crippen molar-refractivity contribution in [2.75, 3.05) is 18.1 Å². The standard InChI is InChI=1S/C10H14F3NO3S/c11-10(12,13)2-1-8(15)14-3-4-18-6-7(14)5-9(16)17/h7H,1-6H2,(H,16,17). The summed E-state index contributed by atoms with van der Waals surface area (Å²) in [5.74, 6) is -0.562. The van der Waals surface area contributed by atoms with Crippen LogP contribution in [0.3, 0.4) is 0 Å². The van der Waals surface area contributed by atoms with Crippen molar-refractivity contribution in [2.45, 2.75) is 31.5 Å². The van der Waals surface area contributed by atoms with Crippen LogP contribution < -0.4 is 0 Å². The first kappa shape index (κ1) is 15.1. The zero-order valence-corrected chi connectivity index (χ0v) is 10.4. The van der Waals surface area contributed by atoms with Crippen molar-refractivity contribution >= 4 is 23.6 Å².